The second-order valence-corrected chi connectivity index (χ2v) is 8.97. The maximum Gasteiger partial charge on any atom is 0.306 e. The summed E-state index contributed by atoms with van der Waals surface area (Å²) in [5.41, 5.74) is 6.22. The molecule has 1 amide bonds. The van der Waals surface area contributed by atoms with Crippen LogP contribution in [0.4, 0.5) is 0 Å². The number of rotatable bonds is 5. The van der Waals surface area contributed by atoms with Gasteiger partial charge in [0.05, 0.1) is 11.3 Å². The van der Waals surface area contributed by atoms with Crippen LogP contribution in [0.15, 0.2) is 0 Å². The number of hydrogen-bond donors (Lipinski definition) is 4. The van der Waals surface area contributed by atoms with Crippen molar-refractivity contribution in [3.05, 3.63) is 0 Å². The van der Waals surface area contributed by atoms with E-state index in [0.717, 1.165) is 57.8 Å². The number of hydrazine groups is 1. The second kappa shape index (κ2) is 8.73. The Morgan fingerprint density at radius 3 is 2.20 bits per heavy atom. The van der Waals surface area contributed by atoms with E-state index in [1.165, 1.54) is 0 Å². The van der Waals surface area contributed by atoms with Gasteiger partial charge in [-0.1, -0.05) is 44.4 Å². The molecule has 6 nitrogen and oxygen atoms in total. The van der Waals surface area contributed by atoms with Gasteiger partial charge in [0.2, 0.25) is 5.91 Å². The number of carboxylic acids is 1. The topological polar surface area (TPSA) is 90.5 Å². The summed E-state index contributed by atoms with van der Waals surface area (Å²) in [5.74, 6) is -0.496. The fourth-order valence-corrected chi connectivity index (χ4v) is 5.86. The summed E-state index contributed by atoms with van der Waals surface area (Å²) in [4.78, 5) is 24.6. The van der Waals surface area contributed by atoms with E-state index in [9.17, 15) is 14.7 Å². The molecular formula is C18H31N3O3S. The van der Waals surface area contributed by atoms with Gasteiger partial charge in [0.25, 0.3) is 0 Å². The molecule has 2 saturated carbocycles. The zero-order valence-electron chi connectivity index (χ0n) is 15.0. The number of hydrogen-bond acceptors (Lipinski definition) is 5. The van der Waals surface area contributed by atoms with Crippen LogP contribution >= 0.6 is 11.8 Å². The fourth-order valence-electron chi connectivity index (χ4n) is 4.88. The van der Waals surface area contributed by atoms with Crippen molar-refractivity contribution in [3.8, 4) is 0 Å². The molecule has 0 bridgehead atoms. The predicted octanol–water partition coefficient (Wildman–Crippen LogP) is 2.66. The average molecular weight is 370 g/mol. The zero-order valence-corrected chi connectivity index (χ0v) is 15.8. The minimum atomic E-state index is -0.669. The van der Waals surface area contributed by atoms with Crippen LogP contribution in [-0.2, 0) is 9.59 Å². The molecular weight excluding hydrogens is 338 g/mol. The van der Waals surface area contributed by atoms with Gasteiger partial charge in [0.1, 0.15) is 5.50 Å². The molecule has 25 heavy (non-hydrogen) atoms. The molecule has 6 atom stereocenters. The third-order valence-electron chi connectivity index (χ3n) is 6.16. The Hall–Kier alpha value is -0.790. The lowest BCUT2D eigenvalue weighted by Crippen LogP contribution is -2.49. The van der Waals surface area contributed by atoms with Crippen LogP contribution in [0.2, 0.25) is 0 Å². The van der Waals surface area contributed by atoms with E-state index in [0.29, 0.717) is 5.37 Å². The van der Waals surface area contributed by atoms with E-state index in [-0.39, 0.29) is 35.1 Å². The first kappa shape index (κ1) is 19.0. The van der Waals surface area contributed by atoms with E-state index in [2.05, 4.69) is 23.1 Å². The largest absolute Gasteiger partial charge is 0.481 e. The Balaban J connectivity index is 1.65. The van der Waals surface area contributed by atoms with Gasteiger partial charge in [-0.05, 0) is 43.9 Å². The first-order chi connectivity index (χ1) is 12.1. The molecule has 0 radical (unpaired) electrons. The normalized spacial score (nSPS) is 39.1. The number of carbonyl (C=O) groups is 2. The molecule has 0 aromatic heterocycles. The molecule has 1 aliphatic heterocycles. The quantitative estimate of drug-likeness (QED) is 0.596. The van der Waals surface area contributed by atoms with Crippen molar-refractivity contribution in [2.24, 2.45) is 23.7 Å². The number of thioether (sulfide) groups is 1. The highest BCUT2D eigenvalue weighted by molar-refractivity contribution is 8.00. The predicted molar refractivity (Wildman–Crippen MR) is 98.4 cm³/mol. The molecule has 0 aromatic rings. The molecule has 7 heteroatoms. The lowest BCUT2D eigenvalue weighted by Gasteiger charge is -2.41. The van der Waals surface area contributed by atoms with Gasteiger partial charge in [0.15, 0.2) is 0 Å². The van der Waals surface area contributed by atoms with E-state index < -0.39 is 5.97 Å². The summed E-state index contributed by atoms with van der Waals surface area (Å²) >= 11 is 1.70. The first-order valence-corrected chi connectivity index (χ1v) is 10.7. The van der Waals surface area contributed by atoms with Crippen LogP contribution in [0.1, 0.15) is 64.7 Å². The summed E-state index contributed by atoms with van der Waals surface area (Å²) < 4.78 is 0. The highest BCUT2D eigenvalue weighted by atomic mass is 32.2. The smallest absolute Gasteiger partial charge is 0.306 e. The molecule has 6 unspecified atom stereocenters. The van der Waals surface area contributed by atoms with Crippen LogP contribution in [0.3, 0.4) is 0 Å². The number of nitrogens with one attached hydrogen (secondary N) is 3. The standard InChI is InChI=1S/C18H31N3O3S/c1-2-15-20-21-18(25-15)19-16(22)13-9-5-3-7-11(13)12-8-4-6-10-14(12)17(23)24/h11-15,18,20-21H,2-10H2,1H3,(H,19,22)(H,23,24). The van der Waals surface area contributed by atoms with Crippen LogP contribution < -0.4 is 16.2 Å². The molecule has 0 aromatic carbocycles. The second-order valence-electron chi connectivity index (χ2n) is 7.66. The van der Waals surface area contributed by atoms with Gasteiger partial charge in [0, 0.05) is 5.92 Å². The van der Waals surface area contributed by atoms with E-state index >= 15 is 0 Å². The third kappa shape index (κ3) is 4.49. The van der Waals surface area contributed by atoms with Crippen LogP contribution in [0.25, 0.3) is 0 Å². The molecule has 2 aliphatic carbocycles. The van der Waals surface area contributed by atoms with Gasteiger partial charge in [-0.15, -0.1) is 0 Å². The van der Waals surface area contributed by atoms with E-state index in [4.69, 9.17) is 0 Å². The first-order valence-electron chi connectivity index (χ1n) is 9.79. The number of carbonyl (C=O) groups excluding carboxylic acids is 1. The van der Waals surface area contributed by atoms with Gasteiger partial charge in [-0.25, -0.2) is 10.9 Å². The Labute approximate surface area is 154 Å². The van der Waals surface area contributed by atoms with E-state index in [1.807, 2.05) is 0 Å². The molecule has 1 saturated heterocycles. The number of carboxylic acid groups (broad SMARTS) is 1. The summed E-state index contributed by atoms with van der Waals surface area (Å²) in [6.45, 7) is 2.11. The average Bonchev–Trinajstić information content (AvgIpc) is 3.09. The van der Waals surface area contributed by atoms with Crippen molar-refractivity contribution >= 4 is 23.6 Å². The van der Waals surface area contributed by atoms with Crippen LogP contribution in [0.5, 0.6) is 0 Å². The SMILES string of the molecule is CCC1NNC(NC(=O)C2CCCCC2C2CCCCC2C(=O)O)S1. The molecule has 3 rings (SSSR count). The lowest BCUT2D eigenvalue weighted by molar-refractivity contribution is -0.148. The van der Waals surface area contributed by atoms with Crippen molar-refractivity contribution in [3.63, 3.8) is 0 Å². The molecule has 3 aliphatic rings. The number of aliphatic carboxylic acids is 1. The maximum absolute atomic E-state index is 12.9. The Morgan fingerprint density at radius 2 is 1.60 bits per heavy atom. The van der Waals surface area contributed by atoms with Crippen LogP contribution in [0, 0.1) is 23.7 Å². The van der Waals surface area contributed by atoms with Crippen molar-refractivity contribution < 1.29 is 14.7 Å². The molecule has 4 N–H and O–H groups in total. The minimum absolute atomic E-state index is 0.0400. The van der Waals surface area contributed by atoms with E-state index in [1.54, 1.807) is 11.8 Å². The summed E-state index contributed by atoms with van der Waals surface area (Å²) in [6, 6.07) is 0. The summed E-state index contributed by atoms with van der Waals surface area (Å²) in [7, 11) is 0. The van der Waals surface area contributed by atoms with Crippen molar-refractivity contribution in [1.82, 2.24) is 16.2 Å². The fraction of sp³-hybridized carbons (Fsp3) is 0.889. The van der Waals surface area contributed by atoms with Crippen molar-refractivity contribution in [2.45, 2.75) is 75.6 Å². The maximum atomic E-state index is 12.9. The minimum Gasteiger partial charge on any atom is -0.481 e. The molecule has 0 spiro atoms. The van der Waals surface area contributed by atoms with Crippen molar-refractivity contribution in [2.75, 3.05) is 0 Å². The highest BCUT2D eigenvalue weighted by Gasteiger charge is 2.43. The number of amides is 1. The third-order valence-corrected chi connectivity index (χ3v) is 7.45. The Morgan fingerprint density at radius 1 is 1.00 bits per heavy atom. The lowest BCUT2D eigenvalue weighted by atomic mass is 9.64. The Bertz CT molecular complexity index is 490. The Kier molecular flexibility index (Phi) is 6.63. The molecule has 1 heterocycles. The van der Waals surface area contributed by atoms with Gasteiger partial charge in [-0.3, -0.25) is 9.59 Å². The van der Waals surface area contributed by atoms with Gasteiger partial charge < -0.3 is 10.4 Å². The zero-order chi connectivity index (χ0) is 17.8. The molecule has 142 valence electrons. The summed E-state index contributed by atoms with van der Waals surface area (Å²) in [5, 5.41) is 13.1. The van der Waals surface area contributed by atoms with Gasteiger partial charge >= 0.3 is 5.97 Å². The van der Waals surface area contributed by atoms with Crippen molar-refractivity contribution in [1.29, 1.82) is 0 Å². The van der Waals surface area contributed by atoms with Gasteiger partial charge in [-0.2, -0.15) is 0 Å². The highest BCUT2D eigenvalue weighted by Crippen LogP contribution is 2.44. The monoisotopic (exact) mass is 369 g/mol. The molecule has 3 fully saturated rings. The summed E-state index contributed by atoms with van der Waals surface area (Å²) in [6.07, 6.45) is 8.90. The van der Waals surface area contributed by atoms with Crippen LogP contribution in [-0.4, -0.2) is 27.9 Å².